The van der Waals surface area contributed by atoms with Crippen LogP contribution in [0.4, 0.5) is 10.2 Å². The van der Waals surface area contributed by atoms with Crippen LogP contribution < -0.4 is 10.6 Å². The normalized spacial score (nSPS) is 22.6. The second-order valence-electron chi connectivity index (χ2n) is 10.2. The Morgan fingerprint density at radius 3 is 2.75 bits per heavy atom. The van der Waals surface area contributed by atoms with E-state index in [0.29, 0.717) is 19.6 Å². The number of piperazine rings is 1. The summed E-state index contributed by atoms with van der Waals surface area (Å²) in [7, 11) is 0. The zero-order valence-corrected chi connectivity index (χ0v) is 19.8. The maximum atomic E-state index is 13.3. The molecule has 1 spiro atoms. The number of carbonyl (C=O) groups is 1. The van der Waals surface area contributed by atoms with Crippen molar-refractivity contribution in [2.24, 2.45) is 0 Å². The predicted molar refractivity (Wildman–Crippen MR) is 136 cm³/mol. The molecule has 1 unspecified atom stereocenters. The van der Waals surface area contributed by atoms with Crippen molar-refractivity contribution in [3.63, 3.8) is 0 Å². The molecule has 36 heavy (non-hydrogen) atoms. The molecule has 7 rings (SSSR count). The minimum atomic E-state index is -0.461. The summed E-state index contributed by atoms with van der Waals surface area (Å²) in [4.78, 5) is 24.5. The van der Waals surface area contributed by atoms with Gasteiger partial charge in [0, 0.05) is 42.2 Å². The van der Waals surface area contributed by atoms with Crippen molar-refractivity contribution in [2.75, 3.05) is 25.0 Å². The Labute approximate surface area is 208 Å². The summed E-state index contributed by atoms with van der Waals surface area (Å²) in [6.07, 6.45) is 3.83. The van der Waals surface area contributed by atoms with Crippen LogP contribution in [-0.4, -0.2) is 40.4 Å². The van der Waals surface area contributed by atoms with Gasteiger partial charge >= 0.3 is 0 Å². The molecule has 4 heterocycles. The number of halogens is 1. The van der Waals surface area contributed by atoms with Crippen LogP contribution in [0.2, 0.25) is 0 Å². The highest BCUT2D eigenvalue weighted by Gasteiger charge is 2.44. The number of pyridine rings is 2. The van der Waals surface area contributed by atoms with Gasteiger partial charge < -0.3 is 15.5 Å². The summed E-state index contributed by atoms with van der Waals surface area (Å²) in [5, 5.41) is 7.89. The Balaban J connectivity index is 1.14. The average molecular weight is 480 g/mol. The number of aromatic nitrogens is 2. The van der Waals surface area contributed by atoms with Crippen LogP contribution in [0.1, 0.15) is 34.0 Å². The third kappa shape index (κ3) is 3.45. The van der Waals surface area contributed by atoms with Gasteiger partial charge in [-0.2, -0.15) is 0 Å². The van der Waals surface area contributed by atoms with Crippen molar-refractivity contribution in [1.82, 2.24) is 20.2 Å². The molecular weight excluding hydrogens is 453 g/mol. The van der Waals surface area contributed by atoms with Gasteiger partial charge in [0.2, 0.25) is 5.91 Å². The maximum absolute atomic E-state index is 13.3. The first-order chi connectivity index (χ1) is 17.6. The Hall–Kier alpha value is -3.84. The molecule has 6 nitrogen and oxygen atoms in total. The van der Waals surface area contributed by atoms with E-state index in [9.17, 15) is 9.18 Å². The highest BCUT2D eigenvalue weighted by Crippen LogP contribution is 2.46. The number of hydrogen-bond donors (Lipinski definition) is 2. The summed E-state index contributed by atoms with van der Waals surface area (Å²) in [5.41, 5.74) is 6.73. The minimum absolute atomic E-state index is 0.00772. The lowest BCUT2D eigenvalue weighted by molar-refractivity contribution is -0.136. The topological polar surface area (TPSA) is 70.2 Å². The van der Waals surface area contributed by atoms with E-state index >= 15 is 0 Å². The number of nitrogens with one attached hydrogen (secondary N) is 2. The van der Waals surface area contributed by atoms with E-state index in [1.807, 2.05) is 23.2 Å². The van der Waals surface area contributed by atoms with Gasteiger partial charge in [-0.05, 0) is 65.9 Å². The van der Waals surface area contributed by atoms with Gasteiger partial charge in [-0.25, -0.2) is 9.37 Å². The second kappa shape index (κ2) is 8.10. The van der Waals surface area contributed by atoms with Crippen LogP contribution in [0, 0.1) is 5.82 Å². The number of amides is 1. The van der Waals surface area contributed by atoms with E-state index in [0.717, 1.165) is 47.4 Å². The third-order valence-electron chi connectivity index (χ3n) is 7.94. The molecule has 7 heteroatoms. The predicted octanol–water partition coefficient (Wildman–Crippen LogP) is 3.90. The van der Waals surface area contributed by atoms with Crippen molar-refractivity contribution in [2.45, 2.75) is 30.8 Å². The van der Waals surface area contributed by atoms with Gasteiger partial charge in [0.1, 0.15) is 17.7 Å². The molecule has 180 valence electrons. The van der Waals surface area contributed by atoms with Crippen LogP contribution in [0.5, 0.6) is 0 Å². The quantitative estimate of drug-likeness (QED) is 0.466. The molecule has 4 aromatic rings. The SMILES string of the molecule is O=C1C(c2ccc(F)cc2)NCCN1Cc1ccc2cc3c(cc2n1)C[C@@]1(CNc2ncccc21)C3. The first kappa shape index (κ1) is 21.4. The van der Waals surface area contributed by atoms with Gasteiger partial charge in [0.25, 0.3) is 0 Å². The number of nitrogens with zero attached hydrogens (tertiary/aromatic N) is 3. The van der Waals surface area contributed by atoms with Gasteiger partial charge in [-0.1, -0.05) is 24.3 Å². The number of rotatable bonds is 3. The molecule has 1 aliphatic carbocycles. The largest absolute Gasteiger partial charge is 0.369 e. The molecule has 2 aliphatic heterocycles. The highest BCUT2D eigenvalue weighted by molar-refractivity contribution is 5.84. The lowest BCUT2D eigenvalue weighted by Gasteiger charge is -2.33. The first-order valence-electron chi connectivity index (χ1n) is 12.5. The van der Waals surface area contributed by atoms with E-state index in [-0.39, 0.29) is 17.1 Å². The van der Waals surface area contributed by atoms with Crippen molar-refractivity contribution in [1.29, 1.82) is 0 Å². The Kier molecular flexibility index (Phi) is 4.82. The average Bonchev–Trinajstić information content (AvgIpc) is 3.44. The van der Waals surface area contributed by atoms with Crippen LogP contribution in [0.15, 0.2) is 66.9 Å². The standard InChI is InChI=1S/C29H26FN5O/c30-22-6-3-18(4-7-22)26-28(36)35(11-10-31-26)16-23-8-5-19-12-20-14-29(15-21(20)13-25(19)34-23)17-33-27-24(29)2-1-9-32-27/h1-9,12-13,26,31H,10-11,14-17H2,(H,32,33)/t26?,29-/m1/s1. The zero-order chi connectivity index (χ0) is 24.3. The lowest BCUT2D eigenvalue weighted by atomic mass is 9.80. The van der Waals surface area contributed by atoms with E-state index in [2.05, 4.69) is 39.9 Å². The monoisotopic (exact) mass is 479 g/mol. The molecule has 1 amide bonds. The molecule has 2 N–H and O–H groups in total. The fraction of sp³-hybridized carbons (Fsp3) is 0.276. The molecule has 2 atom stereocenters. The van der Waals surface area contributed by atoms with Gasteiger partial charge in [0.05, 0.1) is 17.8 Å². The summed E-state index contributed by atoms with van der Waals surface area (Å²) < 4.78 is 13.3. The van der Waals surface area contributed by atoms with Crippen molar-refractivity contribution >= 4 is 22.6 Å². The van der Waals surface area contributed by atoms with Crippen molar-refractivity contribution in [3.8, 4) is 0 Å². The molecule has 0 bridgehead atoms. The number of benzene rings is 2. The second-order valence-corrected chi connectivity index (χ2v) is 10.2. The summed E-state index contributed by atoms with van der Waals surface area (Å²) in [5.74, 6) is 0.697. The van der Waals surface area contributed by atoms with Crippen LogP contribution in [0.3, 0.4) is 0 Å². The number of anilines is 1. The molecule has 1 saturated heterocycles. The number of carbonyl (C=O) groups excluding carboxylic acids is 1. The lowest BCUT2D eigenvalue weighted by Crippen LogP contribution is -2.49. The number of fused-ring (bicyclic) bond motifs is 4. The molecule has 2 aromatic carbocycles. The zero-order valence-electron chi connectivity index (χ0n) is 19.8. The van der Waals surface area contributed by atoms with Crippen LogP contribution in [-0.2, 0) is 29.6 Å². The fourth-order valence-corrected chi connectivity index (χ4v) is 6.14. The van der Waals surface area contributed by atoms with E-state index < -0.39 is 6.04 Å². The van der Waals surface area contributed by atoms with Gasteiger partial charge in [0.15, 0.2) is 0 Å². The summed E-state index contributed by atoms with van der Waals surface area (Å²) in [6.45, 7) is 2.66. The highest BCUT2D eigenvalue weighted by atomic mass is 19.1. The summed E-state index contributed by atoms with van der Waals surface area (Å²) >= 11 is 0. The van der Waals surface area contributed by atoms with Gasteiger partial charge in [-0.3, -0.25) is 9.78 Å². The smallest absolute Gasteiger partial charge is 0.244 e. The molecular formula is C29H26FN5O. The number of hydrogen-bond acceptors (Lipinski definition) is 5. The van der Waals surface area contributed by atoms with Crippen molar-refractivity contribution < 1.29 is 9.18 Å². The van der Waals surface area contributed by atoms with E-state index in [1.54, 1.807) is 12.1 Å². The van der Waals surface area contributed by atoms with Crippen molar-refractivity contribution in [3.05, 3.63) is 101 Å². The molecule has 0 saturated carbocycles. The fourth-order valence-electron chi connectivity index (χ4n) is 6.14. The molecule has 3 aliphatic rings. The first-order valence-corrected chi connectivity index (χ1v) is 12.5. The van der Waals surface area contributed by atoms with Gasteiger partial charge in [-0.15, -0.1) is 0 Å². The molecule has 1 fully saturated rings. The molecule has 2 aromatic heterocycles. The Morgan fingerprint density at radius 2 is 1.89 bits per heavy atom. The van der Waals surface area contributed by atoms with Crippen LogP contribution in [0.25, 0.3) is 10.9 Å². The van der Waals surface area contributed by atoms with Crippen LogP contribution >= 0.6 is 0 Å². The summed E-state index contributed by atoms with van der Waals surface area (Å²) in [6, 6.07) is 18.6. The van der Waals surface area contributed by atoms with E-state index in [1.165, 1.54) is 28.8 Å². The maximum Gasteiger partial charge on any atom is 0.244 e. The minimum Gasteiger partial charge on any atom is -0.369 e. The van der Waals surface area contributed by atoms with E-state index in [4.69, 9.17) is 4.98 Å². The Morgan fingerprint density at radius 1 is 1.06 bits per heavy atom. The third-order valence-corrected chi connectivity index (χ3v) is 7.94. The Bertz CT molecular complexity index is 1500. The molecule has 0 radical (unpaired) electrons.